The summed E-state index contributed by atoms with van der Waals surface area (Å²) in [6, 6.07) is 53.7. The highest BCUT2D eigenvalue weighted by molar-refractivity contribution is 6.46. The van der Waals surface area contributed by atoms with Crippen LogP contribution in [0.15, 0.2) is 133 Å². The second kappa shape index (κ2) is 13.9. The number of hydrogen-bond donors (Lipinski definition) is 0. The van der Waals surface area contributed by atoms with E-state index in [9.17, 15) is 0 Å². The van der Waals surface area contributed by atoms with Crippen LogP contribution in [0.2, 0.25) is 0 Å². The van der Waals surface area contributed by atoms with E-state index >= 15 is 0 Å². The topological polar surface area (TPSA) is 0 Å². The summed E-state index contributed by atoms with van der Waals surface area (Å²) in [7, 11) is 0. The Morgan fingerprint density at radius 3 is 1.04 bits per heavy atom. The first kappa shape index (κ1) is 44.2. The molecule has 0 unspecified atom stereocenters. The molecule has 0 saturated heterocycles. The van der Waals surface area contributed by atoms with Crippen molar-refractivity contribution in [3.63, 3.8) is 0 Å². The maximum absolute atomic E-state index is 2.63. The lowest BCUT2D eigenvalue weighted by atomic mass is 9.74. The van der Waals surface area contributed by atoms with Crippen LogP contribution in [0.5, 0.6) is 0 Å². The SMILES string of the molecule is Cc1cccc(C)c1-c1ccc2c3ccc4c5cc6c(C(C)(C)C)c7c8ccc9c%10cc(C(C)(C)C)cc%11cc(C(C)(C)C)cc(c%12ccc(c7c(C(C)(C)C)c6cc5c5ccc(c6cccc1c62)c3c54)c8c%129)c%11%10. The van der Waals surface area contributed by atoms with Gasteiger partial charge in [-0.2, -0.15) is 0 Å². The molecule has 0 aliphatic rings. The van der Waals surface area contributed by atoms with Gasteiger partial charge in [0.05, 0.1) is 0 Å². The Hall–Kier alpha value is -7.28. The molecule has 0 amide bonds. The summed E-state index contributed by atoms with van der Waals surface area (Å²) in [5.74, 6) is 0. The van der Waals surface area contributed by atoms with Crippen LogP contribution in [0.3, 0.4) is 0 Å². The lowest BCUT2D eigenvalue weighted by molar-refractivity contribution is 0.590. The molecule has 0 heteroatoms. The molecule has 15 rings (SSSR count). The average molecular weight is 953 g/mol. The highest BCUT2D eigenvalue weighted by Crippen LogP contribution is 2.56. The van der Waals surface area contributed by atoms with Crippen molar-refractivity contribution in [3.05, 3.63) is 167 Å². The zero-order valence-electron chi connectivity index (χ0n) is 45.7. The Bertz CT molecular complexity index is 4710. The maximum atomic E-state index is 2.63. The van der Waals surface area contributed by atoms with Gasteiger partial charge in [-0.3, -0.25) is 0 Å². The normalized spacial score (nSPS) is 13.8. The first-order valence-corrected chi connectivity index (χ1v) is 27.3. The van der Waals surface area contributed by atoms with Gasteiger partial charge in [0.25, 0.3) is 0 Å². The van der Waals surface area contributed by atoms with E-state index in [-0.39, 0.29) is 21.7 Å². The second-order valence-electron chi connectivity index (χ2n) is 26.9. The second-order valence-corrected chi connectivity index (χ2v) is 26.9. The third-order valence-corrected chi connectivity index (χ3v) is 18.1. The molecule has 0 aliphatic heterocycles. The van der Waals surface area contributed by atoms with Gasteiger partial charge in [0, 0.05) is 0 Å². The van der Waals surface area contributed by atoms with Crippen molar-refractivity contribution in [2.24, 2.45) is 0 Å². The standard InChI is InChI=1S/C74H64/c1-37-17-15-18-38(2)60(37)44-21-22-45-47-24-26-49-55-36-59-58(35-54(55)48-25-23-46(63(47)64(48)49)43-20-16-19-42(44)62(43)45)69(73(9,10)11)67-52-29-27-50-56-33-40(71(3,4)5)31-39-32-41(72(6,7)8)34-57(61(39)56)51-28-30-53(66(52)65(50)51)68(67)70(59)74(12,13)14/h15-36H,1-14H3. The van der Waals surface area contributed by atoms with Crippen LogP contribution in [0.25, 0.3) is 151 Å². The van der Waals surface area contributed by atoms with Crippen LogP contribution in [-0.4, -0.2) is 0 Å². The highest BCUT2D eigenvalue weighted by Gasteiger charge is 2.34. The van der Waals surface area contributed by atoms with Crippen LogP contribution in [-0.2, 0) is 21.7 Å². The van der Waals surface area contributed by atoms with E-state index in [1.807, 2.05) is 0 Å². The first-order valence-electron chi connectivity index (χ1n) is 27.3. The number of fused-ring (bicyclic) bond motifs is 11. The van der Waals surface area contributed by atoms with Gasteiger partial charge in [-0.25, -0.2) is 0 Å². The Morgan fingerprint density at radius 1 is 0.243 bits per heavy atom. The number of aryl methyl sites for hydroxylation is 2. The van der Waals surface area contributed by atoms with E-state index in [0.717, 1.165) is 0 Å². The highest BCUT2D eigenvalue weighted by atomic mass is 14.4. The van der Waals surface area contributed by atoms with E-state index in [4.69, 9.17) is 0 Å². The minimum Gasteiger partial charge on any atom is -0.0617 e. The van der Waals surface area contributed by atoms with E-state index in [2.05, 4.69) is 230 Å². The summed E-state index contributed by atoms with van der Waals surface area (Å²) in [5, 5.41) is 35.8. The summed E-state index contributed by atoms with van der Waals surface area (Å²) in [6.45, 7) is 33.4. The number of rotatable bonds is 1. The fourth-order valence-corrected chi connectivity index (χ4v) is 14.9. The van der Waals surface area contributed by atoms with Gasteiger partial charge in [-0.05, 0) is 244 Å². The number of benzene rings is 13. The molecule has 15 aromatic rings. The van der Waals surface area contributed by atoms with Crippen LogP contribution in [0, 0.1) is 13.8 Å². The van der Waals surface area contributed by atoms with Gasteiger partial charge in [-0.1, -0.05) is 192 Å². The van der Waals surface area contributed by atoms with Crippen molar-refractivity contribution in [1.29, 1.82) is 0 Å². The molecule has 0 fully saturated rings. The van der Waals surface area contributed by atoms with E-state index in [0.29, 0.717) is 0 Å². The fraction of sp³-hybridized carbons (Fsp3) is 0.243. The minimum atomic E-state index is -0.155. The Morgan fingerprint density at radius 2 is 0.595 bits per heavy atom. The van der Waals surface area contributed by atoms with Gasteiger partial charge >= 0.3 is 0 Å². The Labute approximate surface area is 434 Å². The molecule has 0 aromatic heterocycles. The molecule has 0 saturated carbocycles. The zero-order valence-corrected chi connectivity index (χ0v) is 45.7. The first-order chi connectivity index (χ1) is 35.1. The Balaban J connectivity index is 1.09. The van der Waals surface area contributed by atoms with Crippen molar-refractivity contribution in [2.75, 3.05) is 0 Å². The zero-order chi connectivity index (χ0) is 51.2. The summed E-state index contributed by atoms with van der Waals surface area (Å²) in [4.78, 5) is 0. The molecule has 0 N–H and O–H groups in total. The average Bonchev–Trinajstić information content (AvgIpc) is 3.89. The molecule has 0 aliphatic carbocycles. The molecule has 0 heterocycles. The largest absolute Gasteiger partial charge is 0.0617 e. The smallest absolute Gasteiger partial charge is 0.00137 e. The van der Waals surface area contributed by atoms with Gasteiger partial charge < -0.3 is 0 Å². The molecular formula is C74H64. The van der Waals surface area contributed by atoms with Crippen molar-refractivity contribution in [3.8, 4) is 11.1 Å². The molecule has 0 nitrogen and oxygen atoms in total. The van der Waals surface area contributed by atoms with Crippen LogP contribution < -0.4 is 0 Å². The third-order valence-electron chi connectivity index (χ3n) is 18.1. The van der Waals surface area contributed by atoms with Gasteiger partial charge in [-0.15, -0.1) is 0 Å². The van der Waals surface area contributed by atoms with E-state index < -0.39 is 0 Å². The quantitative estimate of drug-likeness (QED) is 0.114. The molecule has 74 heavy (non-hydrogen) atoms. The lowest BCUT2D eigenvalue weighted by Gasteiger charge is -2.30. The summed E-state index contributed by atoms with van der Waals surface area (Å²) >= 11 is 0. The summed E-state index contributed by atoms with van der Waals surface area (Å²) < 4.78 is 0. The number of hydrogen-bond acceptors (Lipinski definition) is 0. The predicted octanol–water partition coefficient (Wildman–Crippen LogP) is 21.9. The lowest BCUT2D eigenvalue weighted by Crippen LogP contribution is -2.17. The Kier molecular flexibility index (Phi) is 8.31. The molecule has 0 atom stereocenters. The summed E-state index contributed by atoms with van der Waals surface area (Å²) in [6.07, 6.45) is 0. The fourth-order valence-electron chi connectivity index (χ4n) is 14.9. The third kappa shape index (κ3) is 5.54. The van der Waals surface area contributed by atoms with Crippen molar-refractivity contribution < 1.29 is 0 Å². The van der Waals surface area contributed by atoms with Gasteiger partial charge in [0.2, 0.25) is 0 Å². The van der Waals surface area contributed by atoms with Crippen LogP contribution in [0.1, 0.15) is 116 Å². The van der Waals surface area contributed by atoms with Crippen molar-refractivity contribution in [1.82, 2.24) is 0 Å². The molecule has 360 valence electrons. The van der Waals surface area contributed by atoms with Gasteiger partial charge in [0.15, 0.2) is 0 Å². The molecule has 15 aromatic carbocycles. The minimum absolute atomic E-state index is 0.00951. The van der Waals surface area contributed by atoms with Crippen LogP contribution in [0.4, 0.5) is 0 Å². The predicted molar refractivity (Wildman–Crippen MR) is 328 cm³/mol. The molecule has 0 bridgehead atoms. The van der Waals surface area contributed by atoms with Crippen molar-refractivity contribution >= 4 is 140 Å². The van der Waals surface area contributed by atoms with Crippen LogP contribution >= 0.6 is 0 Å². The molecular weight excluding hydrogens is 889 g/mol. The van der Waals surface area contributed by atoms with E-state index in [1.165, 1.54) is 185 Å². The maximum Gasteiger partial charge on any atom is -0.00137 e. The molecule has 0 spiro atoms. The van der Waals surface area contributed by atoms with Gasteiger partial charge in [0.1, 0.15) is 0 Å². The van der Waals surface area contributed by atoms with E-state index in [1.54, 1.807) is 0 Å². The molecule has 0 radical (unpaired) electrons. The monoisotopic (exact) mass is 953 g/mol. The van der Waals surface area contributed by atoms with Crippen molar-refractivity contribution in [2.45, 2.75) is 119 Å². The summed E-state index contributed by atoms with van der Waals surface area (Å²) in [5.41, 5.74) is 10.7.